The number of hydrogen-bond acceptors (Lipinski definition) is 12. The molecule has 0 saturated carbocycles. The first-order valence-electron chi connectivity index (χ1n) is 23.6. The minimum atomic E-state index is -1.03. The fourth-order valence-electron chi connectivity index (χ4n) is 9.52. The molecule has 6 N–H and O–H groups in total. The van der Waals surface area contributed by atoms with Crippen LogP contribution in [0.25, 0.3) is 0 Å². The van der Waals surface area contributed by atoms with Crippen molar-refractivity contribution < 1.29 is 52.8 Å². The van der Waals surface area contributed by atoms with Gasteiger partial charge < -0.3 is 55.5 Å². The van der Waals surface area contributed by atoms with Gasteiger partial charge in [-0.05, 0) is 97.8 Å². The third-order valence-electron chi connectivity index (χ3n) is 13.1. The molecule has 0 spiro atoms. The quantitative estimate of drug-likeness (QED) is 0.0523. The number of carboxylic acids is 1. The third-order valence-corrected chi connectivity index (χ3v) is 13.1. The average Bonchev–Trinajstić information content (AvgIpc) is 3.89. The minimum absolute atomic E-state index is 0.00376. The van der Waals surface area contributed by atoms with E-state index in [-0.39, 0.29) is 50.1 Å². The molecule has 5 aromatic carbocycles. The second-order valence-electron chi connectivity index (χ2n) is 18.0. The Kier molecular flexibility index (Phi) is 13.7. The lowest BCUT2D eigenvalue weighted by Gasteiger charge is -2.33. The van der Waals surface area contributed by atoms with Crippen molar-refractivity contribution >= 4 is 63.9 Å². The van der Waals surface area contributed by atoms with Crippen LogP contribution in [0, 0.1) is 0 Å². The van der Waals surface area contributed by atoms with Gasteiger partial charge >= 0.3 is 5.97 Å². The van der Waals surface area contributed by atoms with Crippen LogP contribution in [0.3, 0.4) is 0 Å². The lowest BCUT2D eigenvalue weighted by atomic mass is 10.1. The number of methoxy groups -OCH3 is 2. The number of unbranched alkanes of at least 4 members (excludes halogenated alkanes) is 1. The summed E-state index contributed by atoms with van der Waals surface area (Å²) in [7, 11) is 3.00. The van der Waals surface area contributed by atoms with Crippen LogP contribution in [0.2, 0.25) is 0 Å². The molecular formula is C53H55N7O11. The highest BCUT2D eigenvalue weighted by atomic mass is 16.5. The predicted octanol–water partition coefficient (Wildman–Crippen LogP) is 6.41. The lowest BCUT2D eigenvalue weighted by molar-refractivity contribution is -0.137. The minimum Gasteiger partial charge on any atom is -0.493 e. The maximum absolute atomic E-state index is 14.1. The number of anilines is 5. The van der Waals surface area contributed by atoms with Gasteiger partial charge in [-0.15, -0.1) is 0 Å². The Morgan fingerprint density at radius 3 is 1.89 bits per heavy atom. The molecule has 5 amide bonds. The van der Waals surface area contributed by atoms with E-state index >= 15 is 0 Å². The molecule has 4 heterocycles. The molecule has 71 heavy (non-hydrogen) atoms. The van der Waals surface area contributed by atoms with Crippen molar-refractivity contribution in [3.05, 3.63) is 124 Å². The highest BCUT2D eigenvalue weighted by Gasteiger charge is 2.40. The van der Waals surface area contributed by atoms with Crippen molar-refractivity contribution in [3.8, 4) is 23.0 Å². The Labute approximate surface area is 410 Å². The van der Waals surface area contributed by atoms with Crippen LogP contribution in [0.5, 0.6) is 23.0 Å². The molecule has 0 fully saturated rings. The Morgan fingerprint density at radius 2 is 1.24 bits per heavy atom. The standard InChI is InChI=1S/C53H55N7O11/c1-29(55-48(61)15-9-10-16-49(62)63)50(64)56-30(2)51(65)57-35-18-31(27-70-45-24-39-37(22-43(45)68-3)52(66)59-36(26-54-39)20-33-11-5-7-13-41(33)59)17-32(19-35)28-71-46-25-40-38(23-44(46)69-4)53(67)60-42-14-8-6-12-34(42)21-47(60)58-40/h5-8,11-14,17-19,22-25,29-30,36,47,54,58H,9-10,15-16,20-21,26-28H2,1-4H3,(H,55,61)(H,56,64)(H,57,65)(H,62,63)/t29-,30-,36+,47-/m0/s1. The van der Waals surface area contributed by atoms with Gasteiger partial charge in [0.05, 0.1) is 42.8 Å². The summed E-state index contributed by atoms with van der Waals surface area (Å²) in [5.74, 6) is -1.33. The Bertz CT molecular complexity index is 2940. The fourth-order valence-corrected chi connectivity index (χ4v) is 9.52. The van der Waals surface area contributed by atoms with Crippen molar-refractivity contribution in [2.24, 2.45) is 0 Å². The summed E-state index contributed by atoms with van der Waals surface area (Å²) in [4.78, 5) is 81.5. The molecule has 0 aliphatic carbocycles. The first-order chi connectivity index (χ1) is 34.3. The van der Waals surface area contributed by atoms with Crippen LogP contribution in [0.4, 0.5) is 28.4 Å². The number of hydrogen-bond donors (Lipinski definition) is 6. The van der Waals surface area contributed by atoms with E-state index < -0.39 is 35.8 Å². The summed E-state index contributed by atoms with van der Waals surface area (Å²) in [5.41, 5.74) is 7.66. The van der Waals surface area contributed by atoms with Gasteiger partial charge in [0, 0.05) is 55.0 Å². The van der Waals surface area contributed by atoms with Crippen molar-refractivity contribution in [3.63, 3.8) is 0 Å². The predicted molar refractivity (Wildman–Crippen MR) is 265 cm³/mol. The zero-order chi connectivity index (χ0) is 49.9. The Hall–Kier alpha value is -8.28. The van der Waals surface area contributed by atoms with E-state index in [1.807, 2.05) is 59.5 Å². The van der Waals surface area contributed by atoms with E-state index in [2.05, 4.69) is 26.6 Å². The number of amides is 5. The molecule has 4 atom stereocenters. The van der Waals surface area contributed by atoms with Crippen LogP contribution in [-0.2, 0) is 45.2 Å². The van der Waals surface area contributed by atoms with Crippen molar-refractivity contribution in [2.45, 2.75) is 89.9 Å². The van der Waals surface area contributed by atoms with E-state index in [0.29, 0.717) is 88.1 Å². The van der Waals surface area contributed by atoms with Crippen LogP contribution >= 0.6 is 0 Å². The zero-order valence-corrected chi connectivity index (χ0v) is 39.8. The van der Waals surface area contributed by atoms with Gasteiger partial charge in [-0.3, -0.25) is 33.7 Å². The molecule has 4 aliphatic heterocycles. The lowest BCUT2D eigenvalue weighted by Crippen LogP contribution is -2.50. The summed E-state index contributed by atoms with van der Waals surface area (Å²) in [6.07, 6.45) is 1.79. The highest BCUT2D eigenvalue weighted by molar-refractivity contribution is 6.14. The van der Waals surface area contributed by atoms with Gasteiger partial charge in [0.2, 0.25) is 17.7 Å². The molecule has 4 aliphatic rings. The van der Waals surface area contributed by atoms with Gasteiger partial charge in [-0.2, -0.15) is 0 Å². The summed E-state index contributed by atoms with van der Waals surface area (Å²) < 4.78 is 24.3. The number of para-hydroxylation sites is 2. The number of carboxylic acid groups (broad SMARTS) is 1. The molecule has 0 radical (unpaired) electrons. The van der Waals surface area contributed by atoms with E-state index in [4.69, 9.17) is 24.1 Å². The first-order valence-corrected chi connectivity index (χ1v) is 23.6. The number of carbonyl (C=O) groups excluding carboxylic acids is 5. The summed E-state index contributed by atoms with van der Waals surface area (Å²) >= 11 is 0. The molecule has 0 bridgehead atoms. The zero-order valence-electron chi connectivity index (χ0n) is 39.8. The maximum Gasteiger partial charge on any atom is 0.303 e. The number of rotatable bonds is 18. The summed E-state index contributed by atoms with van der Waals surface area (Å²) in [5, 5.41) is 23.9. The van der Waals surface area contributed by atoms with Gasteiger partial charge in [-0.1, -0.05) is 36.4 Å². The Morgan fingerprint density at radius 1 is 0.676 bits per heavy atom. The number of carbonyl (C=O) groups is 6. The molecule has 9 rings (SSSR count). The third kappa shape index (κ3) is 10.1. The number of aliphatic carboxylic acids is 1. The Balaban J connectivity index is 0.932. The monoisotopic (exact) mass is 965 g/mol. The smallest absolute Gasteiger partial charge is 0.303 e. The number of ether oxygens (including phenoxy) is 4. The van der Waals surface area contributed by atoms with Gasteiger partial charge in [0.25, 0.3) is 11.8 Å². The van der Waals surface area contributed by atoms with E-state index in [9.17, 15) is 28.8 Å². The number of nitrogens with zero attached hydrogens (tertiary/aromatic N) is 2. The average molecular weight is 966 g/mol. The second-order valence-corrected chi connectivity index (χ2v) is 18.0. The van der Waals surface area contributed by atoms with E-state index in [1.54, 1.807) is 41.3 Å². The van der Waals surface area contributed by atoms with Gasteiger partial charge in [0.15, 0.2) is 23.0 Å². The summed E-state index contributed by atoms with van der Waals surface area (Å²) in [6, 6.07) is 25.8. The van der Waals surface area contributed by atoms with Crippen LogP contribution in [-0.4, -0.2) is 85.7 Å². The molecular weight excluding hydrogens is 911 g/mol. The highest BCUT2D eigenvalue weighted by Crippen LogP contribution is 2.43. The largest absolute Gasteiger partial charge is 0.493 e. The summed E-state index contributed by atoms with van der Waals surface area (Å²) in [6.45, 7) is 3.53. The molecule has 18 heteroatoms. The number of nitrogens with one attached hydrogen (secondary N) is 5. The second kappa shape index (κ2) is 20.4. The van der Waals surface area contributed by atoms with Crippen LogP contribution in [0.15, 0.2) is 91.0 Å². The van der Waals surface area contributed by atoms with Gasteiger partial charge in [-0.25, -0.2) is 0 Å². The van der Waals surface area contributed by atoms with Crippen molar-refractivity contribution in [2.75, 3.05) is 46.5 Å². The van der Waals surface area contributed by atoms with Crippen molar-refractivity contribution in [1.29, 1.82) is 0 Å². The normalized spacial score (nSPS) is 16.7. The molecule has 18 nitrogen and oxygen atoms in total. The fraction of sp³-hybridized carbons (Fsp3) is 0.321. The molecule has 0 aromatic heterocycles. The maximum atomic E-state index is 14.1. The topological polar surface area (TPSA) is 226 Å². The van der Waals surface area contributed by atoms with Gasteiger partial charge in [0.1, 0.15) is 31.5 Å². The van der Waals surface area contributed by atoms with E-state index in [0.717, 1.165) is 28.9 Å². The first kappa shape index (κ1) is 47.8. The number of benzene rings is 5. The molecule has 0 saturated heterocycles. The molecule has 0 unspecified atom stereocenters. The molecule has 5 aromatic rings. The van der Waals surface area contributed by atoms with Crippen molar-refractivity contribution in [1.82, 2.24) is 10.6 Å². The van der Waals surface area contributed by atoms with Crippen LogP contribution in [0.1, 0.15) is 82.5 Å². The number of fused-ring (bicyclic) bond motifs is 8. The van der Waals surface area contributed by atoms with Crippen LogP contribution < -0.4 is 55.3 Å². The van der Waals surface area contributed by atoms with E-state index in [1.165, 1.54) is 28.1 Å². The molecule has 368 valence electrons. The SMILES string of the molecule is COc1cc2c(cc1OCc1cc(COc3cc4c(cc3OC)C(=O)N3c5ccccc5C[C@H]3N4)cc(NC(=O)[C@H](C)NC(=O)[C@H](C)NC(=O)CCCCC(=O)O)c1)NC[C@H]1Cc3ccccc3N1C2=O.